The first-order valence-electron chi connectivity index (χ1n) is 8.50. The van der Waals surface area contributed by atoms with Gasteiger partial charge in [0.1, 0.15) is 24.7 Å². The first kappa shape index (κ1) is 22.5. The quantitative estimate of drug-likeness (QED) is 0.354. The molecule has 2 aromatic carbocycles. The average Bonchev–Trinajstić information content (AvgIpc) is 2.66. The summed E-state index contributed by atoms with van der Waals surface area (Å²) >= 11 is 0. The normalized spacial score (nSPS) is 10.9. The number of quaternary nitrogens is 1. The van der Waals surface area contributed by atoms with Crippen LogP contribution in [0.1, 0.15) is 11.1 Å². The van der Waals surface area contributed by atoms with Crippen LogP contribution in [-0.4, -0.2) is 47.4 Å². The lowest BCUT2D eigenvalue weighted by Gasteiger charge is -2.11. The molecule has 0 heterocycles. The lowest BCUT2D eigenvalue weighted by Crippen LogP contribution is -3.06. The molecule has 6 heteroatoms. The molecule has 0 aromatic heterocycles. The third-order valence-electron chi connectivity index (χ3n) is 3.88. The Labute approximate surface area is 166 Å². The summed E-state index contributed by atoms with van der Waals surface area (Å²) in [4.78, 5) is 13.9. The van der Waals surface area contributed by atoms with E-state index in [1.54, 1.807) is 14.2 Å². The summed E-state index contributed by atoms with van der Waals surface area (Å²) in [7, 11) is 7.27. The molecule has 2 aromatic rings. The highest BCUT2D eigenvalue weighted by molar-refractivity contribution is 6.21. The maximum atomic E-state index is 12.7. The monoisotopic (exact) mass is 391 g/mol. The fraction of sp³-hybridized carbons (Fsp3) is 0.286. The van der Waals surface area contributed by atoms with Crippen LogP contribution < -0.4 is 26.8 Å². The van der Waals surface area contributed by atoms with Gasteiger partial charge in [-0.15, -0.1) is 0 Å². The van der Waals surface area contributed by atoms with E-state index in [1.807, 2.05) is 68.7 Å². The van der Waals surface area contributed by atoms with Crippen LogP contribution in [0.25, 0.3) is 11.6 Å². The van der Waals surface area contributed by atoms with E-state index in [9.17, 15) is 4.79 Å². The van der Waals surface area contributed by atoms with E-state index < -0.39 is 0 Å². The highest BCUT2D eigenvalue weighted by atomic mass is 35.5. The first-order valence-corrected chi connectivity index (χ1v) is 8.50. The Bertz CT molecular complexity index is 740. The van der Waals surface area contributed by atoms with Gasteiger partial charge >= 0.3 is 5.97 Å². The molecule has 5 nitrogen and oxygen atoms in total. The summed E-state index contributed by atoms with van der Waals surface area (Å²) in [5.41, 5.74) is 2.18. The zero-order chi connectivity index (χ0) is 18.9. The standard InChI is InChI=1S/C21H25NO4.ClH/c1-22(2)13-14-26-21(23)20(17-7-11-19(25-4)12-8-17)15-16-5-9-18(24-3)10-6-16;/h5-12,15H,13-14H2,1-4H3;1H/b20-15+;. The predicted octanol–water partition coefficient (Wildman–Crippen LogP) is -1.06. The minimum Gasteiger partial charge on any atom is -1.00 e. The van der Waals surface area contributed by atoms with Crippen molar-refractivity contribution in [3.63, 3.8) is 0 Å². The number of hydrogen-bond donors (Lipinski definition) is 1. The molecule has 1 N–H and O–H groups in total. The fourth-order valence-electron chi connectivity index (χ4n) is 2.32. The van der Waals surface area contributed by atoms with E-state index in [4.69, 9.17) is 14.2 Å². The van der Waals surface area contributed by atoms with Gasteiger partial charge in [-0.25, -0.2) is 4.79 Å². The topological polar surface area (TPSA) is 49.2 Å². The molecular weight excluding hydrogens is 366 g/mol. The number of rotatable bonds is 8. The van der Waals surface area contributed by atoms with Crippen LogP contribution in [0.2, 0.25) is 0 Å². The second-order valence-electron chi connectivity index (χ2n) is 6.15. The number of halogens is 1. The molecule has 0 amide bonds. The molecule has 0 aliphatic carbocycles. The summed E-state index contributed by atoms with van der Waals surface area (Å²) in [5, 5.41) is 0. The largest absolute Gasteiger partial charge is 1.00 e. The molecule has 0 saturated carbocycles. The van der Waals surface area contributed by atoms with Crippen LogP contribution in [0.5, 0.6) is 11.5 Å². The maximum Gasteiger partial charge on any atom is 0.338 e. The molecule has 0 aliphatic rings. The van der Waals surface area contributed by atoms with Crippen LogP contribution in [0.4, 0.5) is 0 Å². The smallest absolute Gasteiger partial charge is 0.338 e. The van der Waals surface area contributed by atoms with Gasteiger partial charge in [0, 0.05) is 0 Å². The van der Waals surface area contributed by atoms with Crippen molar-refractivity contribution < 1.29 is 36.3 Å². The molecule has 0 saturated heterocycles. The van der Waals surface area contributed by atoms with Crippen molar-refractivity contribution in [1.82, 2.24) is 0 Å². The Hall–Kier alpha value is -2.50. The molecule has 146 valence electrons. The number of carbonyl (C=O) groups is 1. The molecule has 0 fully saturated rings. The molecule has 0 atom stereocenters. The first-order chi connectivity index (χ1) is 12.5. The fourth-order valence-corrected chi connectivity index (χ4v) is 2.32. The van der Waals surface area contributed by atoms with Crippen LogP contribution in [0.15, 0.2) is 48.5 Å². The minimum atomic E-state index is -0.341. The Morgan fingerprint density at radius 1 is 0.926 bits per heavy atom. The van der Waals surface area contributed by atoms with Crippen molar-refractivity contribution in [2.24, 2.45) is 0 Å². The number of hydrogen-bond acceptors (Lipinski definition) is 4. The van der Waals surface area contributed by atoms with Crippen molar-refractivity contribution in [3.8, 4) is 11.5 Å². The van der Waals surface area contributed by atoms with Gasteiger partial charge < -0.3 is 31.5 Å². The number of esters is 1. The average molecular weight is 392 g/mol. The highest BCUT2D eigenvalue weighted by Crippen LogP contribution is 2.23. The van der Waals surface area contributed by atoms with E-state index in [1.165, 1.54) is 4.90 Å². The second-order valence-corrected chi connectivity index (χ2v) is 6.15. The molecular formula is C21H26ClNO4. The van der Waals surface area contributed by atoms with Gasteiger partial charge in [0.25, 0.3) is 0 Å². The number of nitrogens with one attached hydrogen (secondary N) is 1. The summed E-state index contributed by atoms with van der Waals surface area (Å²) in [6.45, 7) is 1.13. The van der Waals surface area contributed by atoms with Crippen LogP contribution in [0.3, 0.4) is 0 Å². The van der Waals surface area contributed by atoms with Gasteiger partial charge in [0.15, 0.2) is 0 Å². The summed E-state index contributed by atoms with van der Waals surface area (Å²) in [6.07, 6.45) is 1.83. The number of likely N-dealkylation sites (N-methyl/N-ethyl adjacent to an activating group) is 1. The van der Waals surface area contributed by atoms with Crippen molar-refractivity contribution in [3.05, 3.63) is 59.7 Å². The molecule has 0 bridgehead atoms. The zero-order valence-corrected chi connectivity index (χ0v) is 16.9. The highest BCUT2D eigenvalue weighted by Gasteiger charge is 2.15. The van der Waals surface area contributed by atoms with Gasteiger partial charge in [-0.2, -0.15) is 0 Å². The van der Waals surface area contributed by atoms with Crippen molar-refractivity contribution in [2.75, 3.05) is 41.5 Å². The summed E-state index contributed by atoms with van der Waals surface area (Å²) in [6, 6.07) is 14.9. The van der Waals surface area contributed by atoms with Gasteiger partial charge in [0.2, 0.25) is 0 Å². The number of methoxy groups -OCH3 is 2. The Morgan fingerprint density at radius 2 is 1.44 bits per heavy atom. The van der Waals surface area contributed by atoms with Crippen molar-refractivity contribution >= 4 is 17.6 Å². The van der Waals surface area contributed by atoms with E-state index in [0.29, 0.717) is 12.2 Å². The third kappa shape index (κ3) is 6.96. The summed E-state index contributed by atoms with van der Waals surface area (Å²) < 4.78 is 15.8. The second kappa shape index (κ2) is 11.3. The SMILES string of the molecule is COc1ccc(/C=C(/C(=O)OCC[NH+](C)C)c2ccc(OC)cc2)cc1.[Cl-]. The van der Waals surface area contributed by atoms with E-state index in [0.717, 1.165) is 29.2 Å². The Morgan fingerprint density at radius 3 is 1.93 bits per heavy atom. The van der Waals surface area contributed by atoms with Crippen LogP contribution in [0, 0.1) is 0 Å². The van der Waals surface area contributed by atoms with Gasteiger partial charge in [-0.05, 0) is 41.5 Å². The van der Waals surface area contributed by atoms with E-state index >= 15 is 0 Å². The van der Waals surface area contributed by atoms with Crippen molar-refractivity contribution in [2.45, 2.75) is 0 Å². The zero-order valence-electron chi connectivity index (χ0n) is 16.1. The lowest BCUT2D eigenvalue weighted by molar-refractivity contribution is -0.858. The third-order valence-corrected chi connectivity index (χ3v) is 3.88. The van der Waals surface area contributed by atoms with Gasteiger partial charge in [-0.1, -0.05) is 24.3 Å². The Balaban J connectivity index is 0.00000364. The predicted molar refractivity (Wildman–Crippen MR) is 102 cm³/mol. The maximum absolute atomic E-state index is 12.7. The van der Waals surface area contributed by atoms with Crippen LogP contribution in [-0.2, 0) is 9.53 Å². The van der Waals surface area contributed by atoms with E-state index in [2.05, 4.69) is 0 Å². The molecule has 0 spiro atoms. The number of ether oxygens (including phenoxy) is 3. The lowest BCUT2D eigenvalue weighted by atomic mass is 10.0. The number of carbonyl (C=O) groups excluding carboxylic acids is 1. The van der Waals surface area contributed by atoms with Gasteiger partial charge in [0.05, 0.1) is 33.9 Å². The summed E-state index contributed by atoms with van der Waals surface area (Å²) in [5.74, 6) is 1.17. The minimum absolute atomic E-state index is 0. The molecule has 0 unspecified atom stereocenters. The Kier molecular flexibility index (Phi) is 9.40. The number of benzene rings is 2. The molecule has 0 radical (unpaired) electrons. The van der Waals surface area contributed by atoms with Gasteiger partial charge in [-0.3, -0.25) is 0 Å². The van der Waals surface area contributed by atoms with Crippen molar-refractivity contribution in [1.29, 1.82) is 0 Å². The molecule has 2 rings (SSSR count). The van der Waals surface area contributed by atoms with Crippen LogP contribution >= 0.6 is 0 Å². The van der Waals surface area contributed by atoms with E-state index in [-0.39, 0.29) is 18.4 Å². The molecule has 0 aliphatic heterocycles. The molecule has 27 heavy (non-hydrogen) atoms.